The van der Waals surface area contributed by atoms with Crippen molar-refractivity contribution >= 4 is 39.6 Å². The molecule has 0 atom stereocenters. The Hall–Kier alpha value is -4.27. The lowest BCUT2D eigenvalue weighted by atomic mass is 10.2. The molecule has 0 aliphatic rings. The van der Waals surface area contributed by atoms with E-state index in [1.807, 2.05) is 24.3 Å². The number of nitrogens with zero attached hydrogens (tertiary/aromatic N) is 4. The van der Waals surface area contributed by atoms with Crippen molar-refractivity contribution in [2.75, 3.05) is 17.7 Å². The first kappa shape index (κ1) is 18.1. The molecule has 2 N–H and O–H groups in total. The monoisotopic (exact) mass is 388 g/mol. The standard InChI is InChI=1S/C20H16N6O3/c1-29-15-9-7-14(8-10-15)24-19-18(26(27)28)20(23-12-22-19)25-16-6-2-4-13-5-3-11-21-17(13)16/h2-12H,1H3,(H2,22,23,24,25). The molecule has 2 aromatic carbocycles. The lowest BCUT2D eigenvalue weighted by Gasteiger charge is -2.11. The van der Waals surface area contributed by atoms with Crippen molar-refractivity contribution in [1.29, 1.82) is 0 Å². The van der Waals surface area contributed by atoms with Gasteiger partial charge in [-0.3, -0.25) is 15.1 Å². The van der Waals surface area contributed by atoms with Crippen LogP contribution >= 0.6 is 0 Å². The molecule has 0 saturated carbocycles. The zero-order valence-corrected chi connectivity index (χ0v) is 15.4. The van der Waals surface area contributed by atoms with E-state index in [2.05, 4.69) is 25.6 Å². The first-order chi connectivity index (χ1) is 14.2. The van der Waals surface area contributed by atoms with Crippen molar-refractivity contribution < 1.29 is 9.66 Å². The number of methoxy groups -OCH3 is 1. The quantitative estimate of drug-likeness (QED) is 0.368. The topological polar surface area (TPSA) is 115 Å². The van der Waals surface area contributed by atoms with Crippen LogP contribution in [-0.4, -0.2) is 27.0 Å². The minimum atomic E-state index is -0.521. The van der Waals surface area contributed by atoms with E-state index in [4.69, 9.17) is 4.74 Å². The molecule has 4 aromatic rings. The third kappa shape index (κ3) is 3.74. The van der Waals surface area contributed by atoms with Crippen molar-refractivity contribution in [2.45, 2.75) is 0 Å². The summed E-state index contributed by atoms with van der Waals surface area (Å²) in [5.74, 6) is 0.823. The van der Waals surface area contributed by atoms with Crippen molar-refractivity contribution in [2.24, 2.45) is 0 Å². The minimum absolute atomic E-state index is 0.0687. The van der Waals surface area contributed by atoms with Crippen LogP contribution in [0.1, 0.15) is 0 Å². The fourth-order valence-electron chi connectivity index (χ4n) is 2.88. The van der Waals surface area contributed by atoms with E-state index in [0.717, 1.165) is 5.39 Å². The molecule has 0 saturated heterocycles. The number of fused-ring (bicyclic) bond motifs is 1. The summed E-state index contributed by atoms with van der Waals surface area (Å²) in [6, 6.07) is 16.3. The van der Waals surface area contributed by atoms with Crippen LogP contribution in [0.15, 0.2) is 67.1 Å². The molecule has 0 amide bonds. The molecule has 0 radical (unpaired) electrons. The van der Waals surface area contributed by atoms with Gasteiger partial charge in [0, 0.05) is 17.3 Å². The van der Waals surface area contributed by atoms with Crippen LogP contribution in [0.4, 0.5) is 28.7 Å². The lowest BCUT2D eigenvalue weighted by molar-refractivity contribution is -0.383. The number of aromatic nitrogens is 3. The Kier molecular flexibility index (Phi) is 4.85. The molecule has 0 spiro atoms. The summed E-state index contributed by atoms with van der Waals surface area (Å²) in [6.07, 6.45) is 2.93. The zero-order chi connectivity index (χ0) is 20.2. The van der Waals surface area contributed by atoms with Crippen LogP contribution in [0.25, 0.3) is 10.9 Å². The molecule has 0 aliphatic carbocycles. The Morgan fingerprint density at radius 2 is 1.66 bits per heavy atom. The fourth-order valence-corrected chi connectivity index (χ4v) is 2.88. The third-order valence-electron chi connectivity index (χ3n) is 4.24. The highest BCUT2D eigenvalue weighted by Gasteiger charge is 2.24. The van der Waals surface area contributed by atoms with Gasteiger partial charge in [-0.2, -0.15) is 0 Å². The average Bonchev–Trinajstić information content (AvgIpc) is 2.74. The highest BCUT2D eigenvalue weighted by molar-refractivity contribution is 5.93. The molecule has 0 fully saturated rings. The number of rotatable bonds is 6. The molecule has 29 heavy (non-hydrogen) atoms. The van der Waals surface area contributed by atoms with E-state index in [9.17, 15) is 10.1 Å². The summed E-state index contributed by atoms with van der Waals surface area (Å²) in [4.78, 5) is 23.8. The predicted molar refractivity (Wildman–Crippen MR) is 110 cm³/mol. The van der Waals surface area contributed by atoms with Gasteiger partial charge in [-0.25, -0.2) is 9.97 Å². The SMILES string of the molecule is COc1ccc(Nc2ncnc(Nc3cccc4cccnc34)c2[N+](=O)[O-])cc1. The molecular weight excluding hydrogens is 372 g/mol. The zero-order valence-electron chi connectivity index (χ0n) is 15.4. The molecular formula is C20H16N6O3. The number of benzene rings is 2. The molecule has 9 nitrogen and oxygen atoms in total. The summed E-state index contributed by atoms with van der Waals surface area (Å²) >= 11 is 0. The molecule has 0 aliphatic heterocycles. The molecule has 0 bridgehead atoms. The van der Waals surface area contributed by atoms with Crippen molar-refractivity contribution in [3.05, 3.63) is 77.2 Å². The van der Waals surface area contributed by atoms with Gasteiger partial charge in [-0.15, -0.1) is 0 Å². The number of hydrogen-bond donors (Lipinski definition) is 2. The van der Waals surface area contributed by atoms with Crippen LogP contribution < -0.4 is 15.4 Å². The lowest BCUT2D eigenvalue weighted by Crippen LogP contribution is -2.06. The van der Waals surface area contributed by atoms with Crippen LogP contribution in [-0.2, 0) is 0 Å². The number of nitrogens with one attached hydrogen (secondary N) is 2. The summed E-state index contributed by atoms with van der Waals surface area (Å²) in [7, 11) is 1.57. The predicted octanol–water partition coefficient (Wildman–Crippen LogP) is 4.43. The summed E-state index contributed by atoms with van der Waals surface area (Å²) in [6.45, 7) is 0. The molecule has 0 unspecified atom stereocenters. The van der Waals surface area contributed by atoms with E-state index in [0.29, 0.717) is 22.6 Å². The van der Waals surface area contributed by atoms with Crippen LogP contribution in [0.3, 0.4) is 0 Å². The number of hydrogen-bond acceptors (Lipinski definition) is 8. The van der Waals surface area contributed by atoms with Crippen LogP contribution in [0.5, 0.6) is 5.75 Å². The van der Waals surface area contributed by atoms with Gasteiger partial charge in [0.2, 0.25) is 11.6 Å². The number of anilines is 4. The minimum Gasteiger partial charge on any atom is -0.497 e. The highest BCUT2D eigenvalue weighted by atomic mass is 16.6. The smallest absolute Gasteiger partial charge is 0.353 e. The Morgan fingerprint density at radius 3 is 2.38 bits per heavy atom. The van der Waals surface area contributed by atoms with Gasteiger partial charge in [0.05, 0.1) is 23.2 Å². The number of pyridine rings is 1. The Bertz CT molecular complexity index is 1180. The summed E-state index contributed by atoms with van der Waals surface area (Å²) < 4.78 is 5.12. The largest absolute Gasteiger partial charge is 0.497 e. The second-order valence-electron chi connectivity index (χ2n) is 6.04. The first-order valence-corrected chi connectivity index (χ1v) is 8.67. The fraction of sp³-hybridized carbons (Fsp3) is 0.0500. The average molecular weight is 388 g/mol. The summed E-state index contributed by atoms with van der Waals surface area (Å²) in [5, 5.41) is 18.7. The van der Waals surface area contributed by atoms with E-state index < -0.39 is 4.92 Å². The van der Waals surface area contributed by atoms with E-state index >= 15 is 0 Å². The maximum absolute atomic E-state index is 11.8. The highest BCUT2D eigenvalue weighted by Crippen LogP contribution is 2.34. The van der Waals surface area contributed by atoms with E-state index in [1.165, 1.54) is 6.33 Å². The molecule has 9 heteroatoms. The van der Waals surface area contributed by atoms with Crippen LogP contribution in [0.2, 0.25) is 0 Å². The van der Waals surface area contributed by atoms with Gasteiger partial charge in [-0.05, 0) is 36.4 Å². The number of ether oxygens (including phenoxy) is 1. The Morgan fingerprint density at radius 1 is 0.931 bits per heavy atom. The summed E-state index contributed by atoms with van der Waals surface area (Å²) in [5.41, 5.74) is 1.66. The molecule has 2 aromatic heterocycles. The van der Waals surface area contributed by atoms with Crippen molar-refractivity contribution in [3.8, 4) is 5.75 Å². The van der Waals surface area contributed by atoms with Gasteiger partial charge < -0.3 is 15.4 Å². The van der Waals surface area contributed by atoms with Crippen LogP contribution in [0, 0.1) is 10.1 Å². The van der Waals surface area contributed by atoms with Gasteiger partial charge in [-0.1, -0.05) is 18.2 Å². The number of para-hydroxylation sites is 1. The van der Waals surface area contributed by atoms with Gasteiger partial charge in [0.1, 0.15) is 12.1 Å². The van der Waals surface area contributed by atoms with Gasteiger partial charge >= 0.3 is 5.69 Å². The maximum Gasteiger partial charge on any atom is 0.353 e. The Balaban J connectivity index is 1.72. The van der Waals surface area contributed by atoms with Crippen molar-refractivity contribution in [1.82, 2.24) is 15.0 Å². The second kappa shape index (κ2) is 7.77. The van der Waals surface area contributed by atoms with Gasteiger partial charge in [0.25, 0.3) is 0 Å². The first-order valence-electron chi connectivity index (χ1n) is 8.67. The second-order valence-corrected chi connectivity index (χ2v) is 6.04. The normalized spacial score (nSPS) is 10.5. The van der Waals surface area contributed by atoms with E-state index in [-0.39, 0.29) is 17.3 Å². The molecule has 4 rings (SSSR count). The van der Waals surface area contributed by atoms with Crippen molar-refractivity contribution in [3.63, 3.8) is 0 Å². The molecule has 2 heterocycles. The maximum atomic E-state index is 11.8. The van der Waals surface area contributed by atoms with E-state index in [1.54, 1.807) is 43.6 Å². The Labute approximate surface area is 165 Å². The third-order valence-corrected chi connectivity index (χ3v) is 4.24. The number of nitro groups is 1. The molecule has 144 valence electrons. The van der Waals surface area contributed by atoms with Gasteiger partial charge in [0.15, 0.2) is 0 Å².